The van der Waals surface area contributed by atoms with Crippen LogP contribution in [0.15, 0.2) is 78.9 Å². The van der Waals surface area contributed by atoms with Gasteiger partial charge in [0.15, 0.2) is 0 Å². The van der Waals surface area contributed by atoms with Crippen molar-refractivity contribution in [1.29, 1.82) is 0 Å². The van der Waals surface area contributed by atoms with Gasteiger partial charge in [0.25, 0.3) is 0 Å². The molecule has 1 unspecified atom stereocenters. The molecule has 0 aliphatic rings. The molecular formula is C24H24O4. The number of hydrogen-bond acceptors (Lipinski definition) is 3. The zero-order valence-electron chi connectivity index (χ0n) is 15.9. The topological polar surface area (TPSA) is 55.8 Å². The molecule has 3 rings (SSSR count). The molecule has 0 saturated heterocycles. The molecule has 0 aliphatic carbocycles. The van der Waals surface area contributed by atoms with Crippen LogP contribution in [0.1, 0.15) is 22.6 Å². The van der Waals surface area contributed by atoms with E-state index in [1.165, 1.54) is 5.56 Å². The van der Waals surface area contributed by atoms with Crippen LogP contribution in [0.5, 0.6) is 11.5 Å². The first-order valence-electron chi connectivity index (χ1n) is 9.31. The fourth-order valence-electron chi connectivity index (χ4n) is 2.94. The van der Waals surface area contributed by atoms with Crippen molar-refractivity contribution in [2.24, 2.45) is 0 Å². The molecule has 0 saturated carbocycles. The summed E-state index contributed by atoms with van der Waals surface area (Å²) in [5.41, 5.74) is 2.96. The number of aryl methyl sites for hydroxylation is 1. The minimum absolute atomic E-state index is 0.439. The zero-order chi connectivity index (χ0) is 19.8. The number of carbonyl (C=O) groups is 1. The molecule has 1 N–H and O–H groups in total. The second-order valence-electron chi connectivity index (χ2n) is 6.66. The Bertz CT molecular complexity index is 871. The minimum atomic E-state index is -0.820. The first kappa shape index (κ1) is 19.5. The first-order valence-corrected chi connectivity index (χ1v) is 9.31. The molecule has 28 heavy (non-hydrogen) atoms. The summed E-state index contributed by atoms with van der Waals surface area (Å²) < 4.78 is 11.3. The highest BCUT2D eigenvalue weighted by Gasteiger charge is 2.19. The number of carboxylic acid groups (broad SMARTS) is 1. The predicted octanol–water partition coefficient (Wildman–Crippen LogP) is 4.86. The van der Waals surface area contributed by atoms with Gasteiger partial charge in [0.05, 0.1) is 5.92 Å². The molecule has 0 spiro atoms. The SMILES string of the molecule is Cc1ccc(OCCOc2ccc(CC(C(=O)O)c3ccccc3)cc2)cc1. The summed E-state index contributed by atoms with van der Waals surface area (Å²) in [6, 6.07) is 24.8. The third kappa shape index (κ3) is 5.61. The van der Waals surface area contributed by atoms with E-state index in [9.17, 15) is 9.90 Å². The summed E-state index contributed by atoms with van der Waals surface area (Å²) in [7, 11) is 0. The molecule has 144 valence electrons. The van der Waals surface area contributed by atoms with Crippen LogP contribution < -0.4 is 9.47 Å². The van der Waals surface area contributed by atoms with Gasteiger partial charge in [0, 0.05) is 0 Å². The summed E-state index contributed by atoms with van der Waals surface area (Å²) in [5, 5.41) is 9.56. The third-order valence-electron chi connectivity index (χ3n) is 4.50. The number of hydrogen-bond donors (Lipinski definition) is 1. The lowest BCUT2D eigenvalue weighted by Gasteiger charge is -2.13. The molecule has 4 nitrogen and oxygen atoms in total. The number of benzene rings is 3. The summed E-state index contributed by atoms with van der Waals surface area (Å²) >= 11 is 0. The lowest BCUT2D eigenvalue weighted by molar-refractivity contribution is -0.138. The van der Waals surface area contributed by atoms with Gasteiger partial charge in [0.2, 0.25) is 0 Å². The van der Waals surface area contributed by atoms with Crippen LogP contribution >= 0.6 is 0 Å². The molecule has 4 heteroatoms. The van der Waals surface area contributed by atoms with Crippen LogP contribution in [-0.2, 0) is 11.2 Å². The second kappa shape index (κ2) is 9.60. The van der Waals surface area contributed by atoms with Crippen molar-refractivity contribution in [3.05, 3.63) is 95.6 Å². The van der Waals surface area contributed by atoms with Gasteiger partial charge >= 0.3 is 5.97 Å². The van der Waals surface area contributed by atoms with Gasteiger partial charge in [-0.05, 0) is 48.7 Å². The summed E-state index contributed by atoms with van der Waals surface area (Å²) in [6.45, 7) is 2.93. The van der Waals surface area contributed by atoms with E-state index >= 15 is 0 Å². The Labute approximate surface area is 165 Å². The Hall–Kier alpha value is -3.27. The molecule has 0 bridgehead atoms. The van der Waals surface area contributed by atoms with Crippen LogP contribution in [0.2, 0.25) is 0 Å². The molecule has 3 aromatic rings. The van der Waals surface area contributed by atoms with E-state index in [0.29, 0.717) is 19.6 Å². The Morgan fingerprint density at radius 3 is 1.89 bits per heavy atom. The minimum Gasteiger partial charge on any atom is -0.490 e. The molecule has 3 aromatic carbocycles. The van der Waals surface area contributed by atoms with Crippen molar-refractivity contribution in [3.8, 4) is 11.5 Å². The Morgan fingerprint density at radius 2 is 1.36 bits per heavy atom. The van der Waals surface area contributed by atoms with Gasteiger partial charge in [-0.2, -0.15) is 0 Å². The van der Waals surface area contributed by atoms with E-state index in [4.69, 9.17) is 9.47 Å². The van der Waals surface area contributed by atoms with Crippen molar-refractivity contribution >= 4 is 5.97 Å². The molecular weight excluding hydrogens is 352 g/mol. The van der Waals surface area contributed by atoms with Gasteiger partial charge in [0.1, 0.15) is 24.7 Å². The number of rotatable bonds is 9. The van der Waals surface area contributed by atoms with Crippen LogP contribution in [0.3, 0.4) is 0 Å². The van der Waals surface area contributed by atoms with Gasteiger partial charge in [-0.3, -0.25) is 4.79 Å². The molecule has 0 radical (unpaired) electrons. The summed E-state index contributed by atoms with van der Waals surface area (Å²) in [5.74, 6) is 0.184. The second-order valence-corrected chi connectivity index (χ2v) is 6.66. The maximum atomic E-state index is 11.6. The summed E-state index contributed by atoms with van der Waals surface area (Å²) in [4.78, 5) is 11.6. The van der Waals surface area contributed by atoms with Crippen molar-refractivity contribution in [2.45, 2.75) is 19.3 Å². The Balaban J connectivity index is 1.50. The molecule has 0 amide bonds. The molecule has 0 aliphatic heterocycles. The fourth-order valence-corrected chi connectivity index (χ4v) is 2.94. The van der Waals surface area contributed by atoms with Crippen LogP contribution in [0, 0.1) is 6.92 Å². The first-order chi connectivity index (χ1) is 13.6. The summed E-state index contributed by atoms with van der Waals surface area (Å²) in [6.07, 6.45) is 0.441. The average molecular weight is 376 g/mol. The van der Waals surface area contributed by atoms with E-state index in [2.05, 4.69) is 0 Å². The van der Waals surface area contributed by atoms with E-state index in [0.717, 1.165) is 22.6 Å². The van der Waals surface area contributed by atoms with Gasteiger partial charge in [-0.15, -0.1) is 0 Å². The maximum absolute atomic E-state index is 11.6. The van der Waals surface area contributed by atoms with Crippen LogP contribution in [-0.4, -0.2) is 24.3 Å². The highest BCUT2D eigenvalue weighted by molar-refractivity contribution is 5.76. The van der Waals surface area contributed by atoms with Crippen LogP contribution in [0.25, 0.3) is 0 Å². The number of carboxylic acids is 1. The predicted molar refractivity (Wildman–Crippen MR) is 109 cm³/mol. The van der Waals surface area contributed by atoms with Crippen molar-refractivity contribution < 1.29 is 19.4 Å². The molecule has 1 atom stereocenters. The van der Waals surface area contributed by atoms with Crippen molar-refractivity contribution in [3.63, 3.8) is 0 Å². The van der Waals surface area contributed by atoms with Crippen LogP contribution in [0.4, 0.5) is 0 Å². The number of ether oxygens (including phenoxy) is 2. The highest BCUT2D eigenvalue weighted by atomic mass is 16.5. The van der Waals surface area contributed by atoms with Gasteiger partial charge in [-0.25, -0.2) is 0 Å². The largest absolute Gasteiger partial charge is 0.490 e. The molecule has 0 aromatic heterocycles. The lowest BCUT2D eigenvalue weighted by atomic mass is 9.92. The normalized spacial score (nSPS) is 11.6. The van der Waals surface area contributed by atoms with E-state index in [-0.39, 0.29) is 0 Å². The lowest BCUT2D eigenvalue weighted by Crippen LogP contribution is -2.14. The van der Waals surface area contributed by atoms with E-state index in [1.54, 1.807) is 0 Å². The standard InChI is InChI=1S/C24H24O4/c1-18-7-11-21(12-8-18)27-15-16-28-22-13-9-19(10-14-22)17-23(24(25)26)20-5-3-2-4-6-20/h2-14,23H,15-17H2,1H3,(H,25,26). The van der Waals surface area contributed by atoms with Gasteiger partial charge in [-0.1, -0.05) is 60.2 Å². The smallest absolute Gasteiger partial charge is 0.311 e. The molecule has 0 heterocycles. The van der Waals surface area contributed by atoms with Crippen molar-refractivity contribution in [1.82, 2.24) is 0 Å². The highest BCUT2D eigenvalue weighted by Crippen LogP contribution is 2.23. The van der Waals surface area contributed by atoms with Crippen molar-refractivity contribution in [2.75, 3.05) is 13.2 Å². The van der Waals surface area contributed by atoms with E-state index in [1.807, 2.05) is 85.8 Å². The van der Waals surface area contributed by atoms with Gasteiger partial charge < -0.3 is 14.6 Å². The average Bonchev–Trinajstić information content (AvgIpc) is 2.72. The Morgan fingerprint density at radius 1 is 0.821 bits per heavy atom. The third-order valence-corrected chi connectivity index (χ3v) is 4.50. The monoisotopic (exact) mass is 376 g/mol. The maximum Gasteiger partial charge on any atom is 0.311 e. The number of aliphatic carboxylic acids is 1. The Kier molecular flexibility index (Phi) is 6.68. The zero-order valence-corrected chi connectivity index (χ0v) is 15.9. The van der Waals surface area contributed by atoms with E-state index < -0.39 is 11.9 Å². The fraction of sp³-hybridized carbons (Fsp3) is 0.208. The quantitative estimate of drug-likeness (QED) is 0.542. The molecule has 0 fully saturated rings.